The van der Waals surface area contributed by atoms with E-state index in [0.717, 1.165) is 0 Å². The summed E-state index contributed by atoms with van der Waals surface area (Å²) in [5, 5.41) is 0. The van der Waals surface area contributed by atoms with Gasteiger partial charge < -0.3 is 28.4 Å². The largest absolute Gasteiger partial charge is 0.496 e. The first-order valence-corrected chi connectivity index (χ1v) is 9.92. The molecule has 0 bridgehead atoms. The molecule has 0 fully saturated rings. The van der Waals surface area contributed by atoms with E-state index in [9.17, 15) is 9.59 Å². The van der Waals surface area contributed by atoms with E-state index in [1.165, 1.54) is 54.8 Å². The molecule has 0 aliphatic rings. The molecule has 0 radical (unpaired) electrons. The lowest BCUT2D eigenvalue weighted by Crippen LogP contribution is -2.02. The smallest absolute Gasteiger partial charge is 0.163 e. The Hall–Kier alpha value is -3.94. The number of benzene rings is 2. The van der Waals surface area contributed by atoms with Crippen molar-refractivity contribution in [1.29, 1.82) is 0 Å². The molecule has 2 rings (SSSR count). The van der Waals surface area contributed by atoms with Crippen LogP contribution in [0, 0.1) is 0 Å². The number of hydrogen-bond acceptors (Lipinski definition) is 8. The zero-order valence-corrected chi connectivity index (χ0v) is 19.6. The van der Waals surface area contributed by atoms with Gasteiger partial charge in [0, 0.05) is 24.3 Å². The summed E-state index contributed by atoms with van der Waals surface area (Å²) in [7, 11) is 9.08. The molecule has 0 saturated carbocycles. The topological polar surface area (TPSA) is 89.5 Å². The molecule has 33 heavy (non-hydrogen) atoms. The Balaban J connectivity index is 2.18. The molecule has 0 unspecified atom stereocenters. The van der Waals surface area contributed by atoms with Crippen molar-refractivity contribution >= 4 is 23.7 Å². The van der Waals surface area contributed by atoms with Crippen LogP contribution in [-0.4, -0.2) is 54.2 Å². The number of hydrogen-bond donors (Lipinski definition) is 0. The molecule has 0 spiro atoms. The van der Waals surface area contributed by atoms with Crippen LogP contribution >= 0.6 is 0 Å². The van der Waals surface area contributed by atoms with E-state index in [1.807, 2.05) is 0 Å². The first-order valence-electron chi connectivity index (χ1n) is 9.92. The van der Waals surface area contributed by atoms with E-state index >= 15 is 0 Å². The molecule has 0 saturated heterocycles. The van der Waals surface area contributed by atoms with Gasteiger partial charge in [0.25, 0.3) is 0 Å². The minimum absolute atomic E-state index is 0.311. The summed E-state index contributed by atoms with van der Waals surface area (Å²) >= 11 is 0. The fourth-order valence-electron chi connectivity index (χ4n) is 3.04. The van der Waals surface area contributed by atoms with Crippen LogP contribution in [0.1, 0.15) is 17.5 Å². The van der Waals surface area contributed by atoms with Crippen molar-refractivity contribution in [2.75, 3.05) is 42.7 Å². The maximum atomic E-state index is 12.4. The molecule has 0 atom stereocenters. The highest BCUT2D eigenvalue weighted by Gasteiger charge is 2.13. The Morgan fingerprint density at radius 2 is 0.879 bits per heavy atom. The van der Waals surface area contributed by atoms with Crippen LogP contribution in [-0.2, 0) is 9.59 Å². The monoisotopic (exact) mass is 456 g/mol. The van der Waals surface area contributed by atoms with Crippen LogP contribution in [0.15, 0.2) is 36.4 Å². The van der Waals surface area contributed by atoms with Gasteiger partial charge in [0.2, 0.25) is 0 Å². The molecule has 2 aromatic carbocycles. The number of ketones is 2. The third-order valence-corrected chi connectivity index (χ3v) is 4.73. The molecule has 2 aromatic rings. The van der Waals surface area contributed by atoms with E-state index in [4.69, 9.17) is 28.4 Å². The van der Waals surface area contributed by atoms with Gasteiger partial charge in [-0.25, -0.2) is 0 Å². The SMILES string of the molecule is COc1cc(OC)c(/C=C/C(=O)CC(=O)/C=C/c2c(OC)cc(OC)cc2OC)c(OC)c1. The lowest BCUT2D eigenvalue weighted by atomic mass is 10.1. The van der Waals surface area contributed by atoms with E-state index in [-0.39, 0.29) is 18.0 Å². The molecule has 176 valence electrons. The summed E-state index contributed by atoms with van der Waals surface area (Å²) in [6.45, 7) is 0. The molecule has 8 heteroatoms. The van der Waals surface area contributed by atoms with Crippen LogP contribution in [0.25, 0.3) is 12.2 Å². The number of rotatable bonds is 12. The summed E-state index contributed by atoms with van der Waals surface area (Å²) in [4.78, 5) is 24.8. The quantitative estimate of drug-likeness (QED) is 0.350. The van der Waals surface area contributed by atoms with Gasteiger partial charge in [-0.2, -0.15) is 0 Å². The predicted octanol–water partition coefficient (Wildman–Crippen LogP) is 3.99. The molecule has 0 aliphatic carbocycles. The normalized spacial score (nSPS) is 10.8. The van der Waals surface area contributed by atoms with Crippen molar-refractivity contribution < 1.29 is 38.0 Å². The van der Waals surface area contributed by atoms with Crippen molar-refractivity contribution in [3.05, 3.63) is 47.5 Å². The average molecular weight is 456 g/mol. The Labute approximate surface area is 193 Å². The van der Waals surface area contributed by atoms with E-state index in [1.54, 1.807) is 36.4 Å². The van der Waals surface area contributed by atoms with Crippen LogP contribution in [0.3, 0.4) is 0 Å². The Bertz CT molecular complexity index is 919. The first-order chi connectivity index (χ1) is 15.9. The van der Waals surface area contributed by atoms with Gasteiger partial charge >= 0.3 is 0 Å². The Kier molecular flexibility index (Phi) is 9.35. The number of carbonyl (C=O) groups excluding carboxylic acids is 2. The molecular weight excluding hydrogens is 428 g/mol. The molecule has 0 aromatic heterocycles. The molecule has 8 nitrogen and oxygen atoms in total. The fraction of sp³-hybridized carbons (Fsp3) is 0.280. The summed E-state index contributed by atoms with van der Waals surface area (Å²) in [6, 6.07) is 6.71. The van der Waals surface area contributed by atoms with Crippen molar-refractivity contribution in [2.45, 2.75) is 6.42 Å². The van der Waals surface area contributed by atoms with Gasteiger partial charge in [0.15, 0.2) is 11.6 Å². The van der Waals surface area contributed by atoms with E-state index in [0.29, 0.717) is 45.6 Å². The number of allylic oxidation sites excluding steroid dienone is 2. The molecule has 0 heterocycles. The maximum absolute atomic E-state index is 12.4. The summed E-state index contributed by atoms with van der Waals surface area (Å²) in [6.07, 6.45) is 5.41. The van der Waals surface area contributed by atoms with Gasteiger partial charge in [-0.05, 0) is 24.3 Å². The second-order valence-electron chi connectivity index (χ2n) is 6.67. The van der Waals surface area contributed by atoms with Crippen LogP contribution < -0.4 is 28.4 Å². The van der Waals surface area contributed by atoms with Gasteiger partial charge in [-0.15, -0.1) is 0 Å². The van der Waals surface area contributed by atoms with Gasteiger partial charge in [-0.1, -0.05) is 0 Å². The minimum atomic E-state index is -0.377. The average Bonchev–Trinajstić information content (AvgIpc) is 2.84. The first kappa shape index (κ1) is 25.3. The maximum Gasteiger partial charge on any atom is 0.163 e. The highest BCUT2D eigenvalue weighted by Crippen LogP contribution is 2.36. The molecule has 0 aliphatic heterocycles. The summed E-state index contributed by atoms with van der Waals surface area (Å²) in [5.74, 6) is 2.24. The molecule has 0 amide bonds. The Morgan fingerprint density at radius 1 is 0.576 bits per heavy atom. The standard InChI is InChI=1S/C25H28O8/c1-28-18-12-22(30-3)20(23(13-18)31-4)9-7-16(26)11-17(27)8-10-21-24(32-5)14-19(29-2)15-25(21)33-6/h7-10,12-15H,11H2,1-6H3/b9-7+,10-8+. The van der Waals surface area contributed by atoms with Crippen molar-refractivity contribution in [1.82, 2.24) is 0 Å². The summed E-state index contributed by atoms with van der Waals surface area (Å²) < 4.78 is 31.9. The van der Waals surface area contributed by atoms with Gasteiger partial charge in [0.1, 0.15) is 34.5 Å². The zero-order chi connectivity index (χ0) is 24.4. The van der Waals surface area contributed by atoms with Crippen LogP contribution in [0.5, 0.6) is 34.5 Å². The summed E-state index contributed by atoms with van der Waals surface area (Å²) in [5.41, 5.74) is 1.12. The van der Waals surface area contributed by atoms with Gasteiger partial charge in [0.05, 0.1) is 60.2 Å². The van der Waals surface area contributed by atoms with Crippen molar-refractivity contribution in [3.63, 3.8) is 0 Å². The second-order valence-corrected chi connectivity index (χ2v) is 6.67. The fourth-order valence-corrected chi connectivity index (χ4v) is 3.04. The zero-order valence-electron chi connectivity index (χ0n) is 19.6. The van der Waals surface area contributed by atoms with Crippen LogP contribution in [0.4, 0.5) is 0 Å². The lowest BCUT2D eigenvalue weighted by Gasteiger charge is -2.12. The van der Waals surface area contributed by atoms with Crippen molar-refractivity contribution in [3.8, 4) is 34.5 Å². The van der Waals surface area contributed by atoms with Crippen molar-refractivity contribution in [2.24, 2.45) is 0 Å². The lowest BCUT2D eigenvalue weighted by molar-refractivity contribution is -0.121. The minimum Gasteiger partial charge on any atom is -0.496 e. The predicted molar refractivity (Wildman–Crippen MR) is 125 cm³/mol. The molecular formula is C25H28O8. The highest BCUT2D eigenvalue weighted by atomic mass is 16.5. The second kappa shape index (κ2) is 12.2. The van der Waals surface area contributed by atoms with E-state index < -0.39 is 0 Å². The highest BCUT2D eigenvalue weighted by molar-refractivity contribution is 6.11. The van der Waals surface area contributed by atoms with Crippen LogP contribution in [0.2, 0.25) is 0 Å². The number of ether oxygens (including phenoxy) is 6. The van der Waals surface area contributed by atoms with Gasteiger partial charge in [-0.3, -0.25) is 9.59 Å². The third-order valence-electron chi connectivity index (χ3n) is 4.73. The third kappa shape index (κ3) is 6.52. The molecule has 0 N–H and O–H groups in total. The number of methoxy groups -OCH3 is 6. The number of carbonyl (C=O) groups is 2. The van der Waals surface area contributed by atoms with E-state index in [2.05, 4.69) is 0 Å². The Morgan fingerprint density at radius 3 is 1.12 bits per heavy atom.